The number of carbonyl (C=O) groups excluding carboxylic acids is 1. The number of amides is 1. The normalized spacial score (nSPS) is 11.3. The number of aromatic nitrogens is 2. The molecule has 0 aliphatic rings. The first-order valence-corrected chi connectivity index (χ1v) is 17.6. The molecule has 0 atom stereocenters. The molecule has 11 nitrogen and oxygen atoms in total. The molecule has 1 heterocycles. The lowest BCUT2D eigenvalue weighted by Gasteiger charge is -2.11. The molecule has 0 fully saturated rings. The standard InChI is InChI=1S/C34H45FN4O7S/c1-45-22-21-36-33(42)27-24-37-34(38-25-27)39-47(43,44)30-18-15-28(16-19-30)46-29-17-20-31(35)26(23-29)13-11-9-7-5-3-2-4-6-8-10-12-14-32(40)41/h15-20,23-25H,2-14,21-22H2,1H3,(H,36,42)(H,40,41)(H,37,38,39). The van der Waals surface area contributed by atoms with Gasteiger partial charge in [0.25, 0.3) is 15.9 Å². The van der Waals surface area contributed by atoms with Gasteiger partial charge in [-0.15, -0.1) is 0 Å². The first-order valence-electron chi connectivity index (χ1n) is 16.1. The molecular formula is C34H45FN4O7S. The van der Waals surface area contributed by atoms with Crippen LogP contribution in [0, 0.1) is 5.82 Å². The second-order valence-electron chi connectivity index (χ2n) is 11.3. The predicted molar refractivity (Wildman–Crippen MR) is 177 cm³/mol. The van der Waals surface area contributed by atoms with Gasteiger partial charge in [-0.3, -0.25) is 9.59 Å². The molecule has 0 bridgehead atoms. The second-order valence-corrected chi connectivity index (χ2v) is 12.9. The molecule has 3 aromatic rings. The summed E-state index contributed by atoms with van der Waals surface area (Å²) in [5.41, 5.74) is 0.754. The first-order chi connectivity index (χ1) is 22.7. The van der Waals surface area contributed by atoms with Crippen LogP contribution in [0.2, 0.25) is 0 Å². The maximum Gasteiger partial charge on any atom is 0.303 e. The molecule has 1 amide bonds. The molecular weight excluding hydrogens is 627 g/mol. The van der Waals surface area contributed by atoms with Crippen LogP contribution in [0.15, 0.2) is 59.8 Å². The van der Waals surface area contributed by atoms with Gasteiger partial charge < -0.3 is 19.9 Å². The number of carbonyl (C=O) groups is 2. The third-order valence-electron chi connectivity index (χ3n) is 7.46. The van der Waals surface area contributed by atoms with Gasteiger partial charge in [0.05, 0.1) is 17.1 Å². The van der Waals surface area contributed by atoms with Gasteiger partial charge >= 0.3 is 5.97 Å². The average Bonchev–Trinajstić information content (AvgIpc) is 3.05. The quantitative estimate of drug-likeness (QED) is 0.0913. The van der Waals surface area contributed by atoms with Crippen molar-refractivity contribution in [1.82, 2.24) is 15.3 Å². The van der Waals surface area contributed by atoms with E-state index in [4.69, 9.17) is 14.6 Å². The molecule has 0 saturated carbocycles. The van der Waals surface area contributed by atoms with Gasteiger partial charge in [-0.05, 0) is 67.3 Å². The lowest BCUT2D eigenvalue weighted by molar-refractivity contribution is -0.137. The molecule has 3 N–H and O–H groups in total. The maximum atomic E-state index is 14.5. The smallest absolute Gasteiger partial charge is 0.303 e. The maximum absolute atomic E-state index is 14.5. The van der Waals surface area contributed by atoms with E-state index in [0.29, 0.717) is 36.6 Å². The van der Waals surface area contributed by atoms with Crippen LogP contribution in [-0.2, 0) is 26.0 Å². The van der Waals surface area contributed by atoms with Gasteiger partial charge in [0.15, 0.2) is 0 Å². The number of sulfonamides is 1. The summed E-state index contributed by atoms with van der Waals surface area (Å²) in [7, 11) is -2.49. The largest absolute Gasteiger partial charge is 0.481 e. The number of anilines is 1. The zero-order valence-corrected chi connectivity index (χ0v) is 27.7. The van der Waals surface area contributed by atoms with Crippen molar-refractivity contribution in [3.05, 3.63) is 71.8 Å². The Kier molecular flexibility index (Phi) is 16.1. The Morgan fingerprint density at radius 3 is 2.00 bits per heavy atom. The Morgan fingerprint density at radius 1 is 0.830 bits per heavy atom. The molecule has 0 unspecified atom stereocenters. The number of rotatable bonds is 23. The van der Waals surface area contributed by atoms with Gasteiger partial charge in [-0.2, -0.15) is 0 Å². The van der Waals surface area contributed by atoms with Crippen LogP contribution < -0.4 is 14.8 Å². The van der Waals surface area contributed by atoms with E-state index in [1.165, 1.54) is 75.2 Å². The number of ether oxygens (including phenoxy) is 2. The van der Waals surface area contributed by atoms with Crippen LogP contribution in [0.4, 0.5) is 10.3 Å². The molecule has 47 heavy (non-hydrogen) atoms. The molecule has 0 saturated heterocycles. The number of carboxylic acids is 1. The summed E-state index contributed by atoms with van der Waals surface area (Å²) in [4.78, 5) is 30.4. The van der Waals surface area contributed by atoms with Crippen molar-refractivity contribution >= 4 is 27.8 Å². The average molecular weight is 673 g/mol. The second kappa shape index (κ2) is 20.2. The highest BCUT2D eigenvalue weighted by Crippen LogP contribution is 2.26. The minimum atomic E-state index is -4.01. The topological polar surface area (TPSA) is 157 Å². The number of halogens is 1. The van der Waals surface area contributed by atoms with E-state index in [2.05, 4.69) is 20.0 Å². The van der Waals surface area contributed by atoms with E-state index in [9.17, 15) is 22.4 Å². The Hall–Kier alpha value is -4.10. The number of benzene rings is 2. The summed E-state index contributed by atoms with van der Waals surface area (Å²) in [6, 6.07) is 10.4. The summed E-state index contributed by atoms with van der Waals surface area (Å²) < 4.78 is 53.2. The molecule has 0 aliphatic heterocycles. The first kappa shape index (κ1) is 37.4. The SMILES string of the molecule is COCCNC(=O)c1cnc(NS(=O)(=O)c2ccc(Oc3ccc(F)c(CCCCCCCCCCCCCC(=O)O)c3)cc2)nc1. The third kappa shape index (κ3) is 14.1. The van der Waals surface area contributed by atoms with E-state index in [1.54, 1.807) is 6.07 Å². The van der Waals surface area contributed by atoms with E-state index < -0.39 is 21.9 Å². The number of nitrogens with one attached hydrogen (secondary N) is 2. The number of hydrogen-bond acceptors (Lipinski definition) is 8. The van der Waals surface area contributed by atoms with Gasteiger partial charge in [-0.25, -0.2) is 27.5 Å². The van der Waals surface area contributed by atoms with Crippen LogP contribution in [0.5, 0.6) is 11.5 Å². The van der Waals surface area contributed by atoms with Crippen LogP contribution in [0.1, 0.15) is 93.0 Å². The van der Waals surface area contributed by atoms with E-state index in [0.717, 1.165) is 51.4 Å². The molecule has 3 rings (SSSR count). The highest BCUT2D eigenvalue weighted by molar-refractivity contribution is 7.92. The number of aliphatic carboxylic acids is 1. The monoisotopic (exact) mass is 672 g/mol. The molecule has 0 radical (unpaired) electrons. The molecule has 0 spiro atoms. The van der Waals surface area contributed by atoms with Crippen LogP contribution >= 0.6 is 0 Å². The predicted octanol–water partition coefficient (Wildman–Crippen LogP) is 6.89. The summed E-state index contributed by atoms with van der Waals surface area (Å²) >= 11 is 0. The van der Waals surface area contributed by atoms with Crippen LogP contribution in [0.3, 0.4) is 0 Å². The fourth-order valence-electron chi connectivity index (χ4n) is 4.86. The van der Waals surface area contributed by atoms with Gasteiger partial charge in [0.1, 0.15) is 17.3 Å². The summed E-state index contributed by atoms with van der Waals surface area (Å²) in [6.45, 7) is 0.666. The zero-order valence-electron chi connectivity index (χ0n) is 26.9. The minimum absolute atomic E-state index is 0.0392. The van der Waals surface area contributed by atoms with Gasteiger partial charge in [-0.1, -0.05) is 57.8 Å². The fourth-order valence-corrected chi connectivity index (χ4v) is 5.82. The lowest BCUT2D eigenvalue weighted by Crippen LogP contribution is -2.27. The van der Waals surface area contributed by atoms with E-state index >= 15 is 0 Å². The third-order valence-corrected chi connectivity index (χ3v) is 8.80. The fraction of sp³-hybridized carbons (Fsp3) is 0.471. The molecule has 0 aliphatic carbocycles. The van der Waals surface area contributed by atoms with Gasteiger partial charge in [0.2, 0.25) is 5.95 Å². The van der Waals surface area contributed by atoms with Crippen molar-refractivity contribution in [2.75, 3.05) is 25.0 Å². The molecule has 13 heteroatoms. The number of aryl methyl sites for hydroxylation is 1. The highest BCUT2D eigenvalue weighted by Gasteiger charge is 2.17. The Labute approximate surface area is 276 Å². The van der Waals surface area contributed by atoms with Crippen molar-refractivity contribution < 1.29 is 37.0 Å². The molecule has 1 aromatic heterocycles. The van der Waals surface area contributed by atoms with E-state index in [-0.39, 0.29) is 28.6 Å². The van der Waals surface area contributed by atoms with Crippen molar-refractivity contribution in [1.29, 1.82) is 0 Å². The van der Waals surface area contributed by atoms with Crippen molar-refractivity contribution in [2.24, 2.45) is 0 Å². The number of carboxylic acid groups (broad SMARTS) is 1. The summed E-state index contributed by atoms with van der Waals surface area (Å²) in [5.74, 6) is -0.744. The Morgan fingerprint density at radius 2 is 1.40 bits per heavy atom. The summed E-state index contributed by atoms with van der Waals surface area (Å²) in [6.07, 6.45) is 15.0. The van der Waals surface area contributed by atoms with E-state index in [1.807, 2.05) is 0 Å². The number of methoxy groups -OCH3 is 1. The summed E-state index contributed by atoms with van der Waals surface area (Å²) in [5, 5.41) is 11.3. The molecule has 256 valence electrons. The number of unbranched alkanes of at least 4 members (excludes halogenated alkanes) is 10. The molecule has 2 aromatic carbocycles. The van der Waals surface area contributed by atoms with Crippen molar-refractivity contribution in [2.45, 2.75) is 88.4 Å². The Bertz CT molecular complexity index is 1500. The van der Waals surface area contributed by atoms with Crippen LogP contribution in [0.25, 0.3) is 0 Å². The Balaban J connectivity index is 1.39. The van der Waals surface area contributed by atoms with Crippen LogP contribution in [-0.4, -0.2) is 55.6 Å². The number of nitrogens with zero attached hydrogens (tertiary/aromatic N) is 2. The van der Waals surface area contributed by atoms with Gasteiger partial charge in [0, 0.05) is 32.5 Å². The zero-order chi connectivity index (χ0) is 33.9. The minimum Gasteiger partial charge on any atom is -0.481 e. The van der Waals surface area contributed by atoms with Crippen molar-refractivity contribution in [3.8, 4) is 11.5 Å². The number of hydrogen-bond donors (Lipinski definition) is 3. The highest BCUT2D eigenvalue weighted by atomic mass is 32.2. The lowest BCUT2D eigenvalue weighted by atomic mass is 10.0. The van der Waals surface area contributed by atoms with Crippen molar-refractivity contribution in [3.63, 3.8) is 0 Å².